The Kier molecular flexibility index (Phi) is 4.87. The van der Waals surface area contributed by atoms with E-state index < -0.39 is 0 Å². The van der Waals surface area contributed by atoms with Crippen LogP contribution in [0.4, 0.5) is 0 Å². The standard InChI is InChI=1S/C17H22ClN3O2/c18-14-4-1-12(2-5-14)10-20-7-8-21(11-16(20)22)17(23)13-3-6-15(19)9-13/h1-2,4-5,13,15H,3,6-11,19H2. The van der Waals surface area contributed by atoms with E-state index in [1.807, 2.05) is 24.3 Å². The van der Waals surface area contributed by atoms with Crippen molar-refractivity contribution in [3.63, 3.8) is 0 Å². The quantitative estimate of drug-likeness (QED) is 0.913. The lowest BCUT2D eigenvalue weighted by Crippen LogP contribution is -2.53. The molecule has 1 aliphatic carbocycles. The smallest absolute Gasteiger partial charge is 0.242 e. The molecule has 6 heteroatoms. The molecule has 124 valence electrons. The third kappa shape index (κ3) is 3.85. The van der Waals surface area contributed by atoms with Crippen molar-refractivity contribution in [2.24, 2.45) is 11.7 Å². The minimum atomic E-state index is 0.000570. The molecule has 0 aromatic heterocycles. The predicted octanol–water partition coefficient (Wildman–Crippen LogP) is 1.64. The molecule has 1 aliphatic heterocycles. The first kappa shape index (κ1) is 16.3. The summed E-state index contributed by atoms with van der Waals surface area (Å²) in [6.07, 6.45) is 2.50. The number of nitrogens with zero attached hydrogens (tertiary/aromatic N) is 2. The van der Waals surface area contributed by atoms with E-state index in [1.54, 1.807) is 9.80 Å². The summed E-state index contributed by atoms with van der Waals surface area (Å²) in [5.74, 6) is 0.0971. The molecule has 3 rings (SSSR count). The van der Waals surface area contributed by atoms with Crippen molar-refractivity contribution < 1.29 is 9.59 Å². The Morgan fingerprint density at radius 3 is 2.57 bits per heavy atom. The highest BCUT2D eigenvalue weighted by molar-refractivity contribution is 6.30. The average molecular weight is 336 g/mol. The fourth-order valence-corrected chi connectivity index (χ4v) is 3.50. The Labute approximate surface area is 141 Å². The van der Waals surface area contributed by atoms with Gasteiger partial charge in [0.25, 0.3) is 0 Å². The van der Waals surface area contributed by atoms with Crippen LogP contribution in [0.15, 0.2) is 24.3 Å². The van der Waals surface area contributed by atoms with Gasteiger partial charge in [-0.25, -0.2) is 0 Å². The van der Waals surface area contributed by atoms with E-state index in [2.05, 4.69) is 0 Å². The zero-order valence-corrected chi connectivity index (χ0v) is 13.8. The number of carbonyl (C=O) groups excluding carboxylic acids is 2. The Morgan fingerprint density at radius 1 is 1.22 bits per heavy atom. The Hall–Kier alpha value is -1.59. The van der Waals surface area contributed by atoms with Gasteiger partial charge in [0.05, 0.1) is 6.54 Å². The topological polar surface area (TPSA) is 66.6 Å². The lowest BCUT2D eigenvalue weighted by molar-refractivity contribution is -0.147. The largest absolute Gasteiger partial charge is 0.335 e. The van der Waals surface area contributed by atoms with Gasteiger partial charge in [-0.1, -0.05) is 23.7 Å². The van der Waals surface area contributed by atoms with Crippen LogP contribution < -0.4 is 5.73 Å². The van der Waals surface area contributed by atoms with Gasteiger partial charge < -0.3 is 15.5 Å². The van der Waals surface area contributed by atoms with Crippen molar-refractivity contribution in [3.8, 4) is 0 Å². The molecule has 2 unspecified atom stereocenters. The predicted molar refractivity (Wildman–Crippen MR) is 88.8 cm³/mol. The number of hydrogen-bond donors (Lipinski definition) is 1. The van der Waals surface area contributed by atoms with E-state index in [4.69, 9.17) is 17.3 Å². The zero-order valence-electron chi connectivity index (χ0n) is 13.1. The minimum Gasteiger partial charge on any atom is -0.335 e. The first-order valence-electron chi connectivity index (χ1n) is 8.09. The molecule has 2 fully saturated rings. The molecular formula is C17H22ClN3O2. The molecule has 2 aliphatic rings. The first-order chi connectivity index (χ1) is 11.0. The van der Waals surface area contributed by atoms with Crippen molar-refractivity contribution in [1.29, 1.82) is 0 Å². The summed E-state index contributed by atoms with van der Waals surface area (Å²) in [7, 11) is 0. The summed E-state index contributed by atoms with van der Waals surface area (Å²) in [5.41, 5.74) is 6.93. The number of nitrogens with two attached hydrogens (primary N) is 1. The third-order valence-electron chi connectivity index (χ3n) is 4.74. The van der Waals surface area contributed by atoms with Gasteiger partial charge in [-0.2, -0.15) is 0 Å². The molecule has 0 radical (unpaired) electrons. The molecule has 1 saturated heterocycles. The van der Waals surface area contributed by atoms with Crippen molar-refractivity contribution in [2.75, 3.05) is 19.6 Å². The van der Waals surface area contributed by atoms with Gasteiger partial charge in [0, 0.05) is 36.6 Å². The molecule has 2 amide bonds. The van der Waals surface area contributed by atoms with Crippen LogP contribution in [0.3, 0.4) is 0 Å². The lowest BCUT2D eigenvalue weighted by Gasteiger charge is -2.35. The van der Waals surface area contributed by atoms with Crippen molar-refractivity contribution in [1.82, 2.24) is 9.80 Å². The summed E-state index contributed by atoms with van der Waals surface area (Å²) in [6, 6.07) is 7.63. The summed E-state index contributed by atoms with van der Waals surface area (Å²) in [4.78, 5) is 28.3. The molecule has 1 saturated carbocycles. The number of amides is 2. The second kappa shape index (κ2) is 6.89. The fraction of sp³-hybridized carbons (Fsp3) is 0.529. The Balaban J connectivity index is 1.56. The summed E-state index contributed by atoms with van der Waals surface area (Å²) >= 11 is 5.88. The van der Waals surface area contributed by atoms with E-state index in [0.717, 1.165) is 24.8 Å². The van der Waals surface area contributed by atoms with Crippen molar-refractivity contribution in [3.05, 3.63) is 34.9 Å². The molecule has 1 heterocycles. The van der Waals surface area contributed by atoms with E-state index in [9.17, 15) is 9.59 Å². The van der Waals surface area contributed by atoms with Crippen LogP contribution in [0.1, 0.15) is 24.8 Å². The van der Waals surface area contributed by atoms with Gasteiger partial charge in [0.15, 0.2) is 0 Å². The van der Waals surface area contributed by atoms with Gasteiger partial charge in [-0.05, 0) is 37.0 Å². The minimum absolute atomic E-state index is 0.000570. The molecule has 1 aromatic carbocycles. The van der Waals surface area contributed by atoms with Crippen LogP contribution in [0.2, 0.25) is 5.02 Å². The first-order valence-corrected chi connectivity index (χ1v) is 8.47. The van der Waals surface area contributed by atoms with Crippen molar-refractivity contribution >= 4 is 23.4 Å². The number of hydrogen-bond acceptors (Lipinski definition) is 3. The molecule has 0 spiro atoms. The maximum atomic E-state index is 12.5. The van der Waals surface area contributed by atoms with E-state index in [-0.39, 0.29) is 30.3 Å². The van der Waals surface area contributed by atoms with Crippen molar-refractivity contribution in [2.45, 2.75) is 31.8 Å². The summed E-state index contributed by atoms with van der Waals surface area (Å²) in [5, 5.41) is 0.685. The van der Waals surface area contributed by atoms with Crippen LogP contribution in [0.5, 0.6) is 0 Å². The number of halogens is 1. The normalized spacial score (nSPS) is 25.0. The number of benzene rings is 1. The zero-order chi connectivity index (χ0) is 16.4. The van der Waals surface area contributed by atoms with Gasteiger partial charge in [0.2, 0.25) is 11.8 Å². The Bertz CT molecular complexity index is 590. The molecule has 0 bridgehead atoms. The molecule has 2 N–H and O–H groups in total. The van der Waals surface area contributed by atoms with Crippen LogP contribution in [0.25, 0.3) is 0 Å². The second-order valence-electron chi connectivity index (χ2n) is 6.47. The van der Waals surface area contributed by atoms with E-state index in [1.165, 1.54) is 0 Å². The van der Waals surface area contributed by atoms with Gasteiger partial charge in [-0.15, -0.1) is 0 Å². The van der Waals surface area contributed by atoms with Gasteiger partial charge >= 0.3 is 0 Å². The maximum absolute atomic E-state index is 12.5. The monoisotopic (exact) mass is 335 g/mol. The second-order valence-corrected chi connectivity index (χ2v) is 6.91. The van der Waals surface area contributed by atoms with Crippen LogP contribution >= 0.6 is 11.6 Å². The number of carbonyl (C=O) groups is 2. The third-order valence-corrected chi connectivity index (χ3v) is 4.99. The maximum Gasteiger partial charge on any atom is 0.242 e. The number of rotatable bonds is 3. The Morgan fingerprint density at radius 2 is 1.96 bits per heavy atom. The molecule has 5 nitrogen and oxygen atoms in total. The van der Waals surface area contributed by atoms with Gasteiger partial charge in [-0.3, -0.25) is 9.59 Å². The highest BCUT2D eigenvalue weighted by Crippen LogP contribution is 2.26. The summed E-state index contributed by atoms with van der Waals surface area (Å²) in [6.45, 7) is 1.92. The fourth-order valence-electron chi connectivity index (χ4n) is 3.37. The highest BCUT2D eigenvalue weighted by Gasteiger charge is 2.34. The molecule has 23 heavy (non-hydrogen) atoms. The number of piperazine rings is 1. The average Bonchev–Trinajstić information content (AvgIpc) is 2.97. The van der Waals surface area contributed by atoms with Crippen LogP contribution in [0, 0.1) is 5.92 Å². The summed E-state index contributed by atoms with van der Waals surface area (Å²) < 4.78 is 0. The van der Waals surface area contributed by atoms with Crippen LogP contribution in [-0.2, 0) is 16.1 Å². The van der Waals surface area contributed by atoms with Crippen LogP contribution in [-0.4, -0.2) is 47.3 Å². The highest BCUT2D eigenvalue weighted by atomic mass is 35.5. The van der Waals surface area contributed by atoms with Gasteiger partial charge in [0.1, 0.15) is 0 Å². The van der Waals surface area contributed by atoms with E-state index in [0.29, 0.717) is 24.7 Å². The lowest BCUT2D eigenvalue weighted by atomic mass is 10.1. The molecule has 2 atom stereocenters. The molecule has 1 aromatic rings. The SMILES string of the molecule is NC1CCC(C(=O)N2CCN(Cc3ccc(Cl)cc3)C(=O)C2)C1. The van der Waals surface area contributed by atoms with E-state index >= 15 is 0 Å². The molecular weight excluding hydrogens is 314 g/mol.